The summed E-state index contributed by atoms with van der Waals surface area (Å²) in [4.78, 5) is 11.5. The molecule has 122 valence electrons. The highest BCUT2D eigenvalue weighted by atomic mass is 16.4. The lowest BCUT2D eigenvalue weighted by Crippen LogP contribution is -2.30. The smallest absolute Gasteiger partial charge is 0.336 e. The topological polar surface area (TPSA) is 49.3 Å². The SMILES string of the molecule is Cc1ccc([C@@H]2Nc3c(ccc(C(=O)O)c3C)[C@H]3C=CC[C@H]32)cc1. The average molecular weight is 319 g/mol. The largest absolute Gasteiger partial charge is 0.478 e. The maximum absolute atomic E-state index is 11.5. The number of allylic oxidation sites excluding steroid dienone is 2. The van der Waals surface area contributed by atoms with Crippen molar-refractivity contribution in [2.75, 3.05) is 5.32 Å². The Labute approximate surface area is 142 Å². The van der Waals surface area contributed by atoms with E-state index in [9.17, 15) is 9.90 Å². The summed E-state index contributed by atoms with van der Waals surface area (Å²) in [6.45, 7) is 4.00. The Balaban J connectivity index is 1.83. The van der Waals surface area contributed by atoms with Crippen LogP contribution >= 0.6 is 0 Å². The number of aromatic carboxylic acids is 1. The zero-order valence-electron chi connectivity index (χ0n) is 13.9. The Morgan fingerprint density at radius 1 is 1.12 bits per heavy atom. The highest BCUT2D eigenvalue weighted by Gasteiger charge is 2.38. The molecule has 0 amide bonds. The van der Waals surface area contributed by atoms with Crippen LogP contribution in [0.3, 0.4) is 0 Å². The van der Waals surface area contributed by atoms with Crippen LogP contribution in [0, 0.1) is 19.8 Å². The standard InChI is InChI=1S/C21H21NO2/c1-12-6-8-14(9-7-12)20-17-5-3-4-16(17)18-11-10-15(21(23)24)13(2)19(18)22-20/h3-4,6-11,16-17,20,22H,5H2,1-2H3,(H,23,24)/t16-,17+,20-/m0/s1. The quantitative estimate of drug-likeness (QED) is 0.780. The van der Waals surface area contributed by atoms with Crippen LogP contribution in [0.1, 0.15) is 51.0 Å². The summed E-state index contributed by atoms with van der Waals surface area (Å²) >= 11 is 0. The molecule has 2 N–H and O–H groups in total. The van der Waals surface area contributed by atoms with Crippen molar-refractivity contribution in [3.63, 3.8) is 0 Å². The van der Waals surface area contributed by atoms with Crippen molar-refractivity contribution in [2.45, 2.75) is 32.2 Å². The average Bonchev–Trinajstić information content (AvgIpc) is 3.05. The van der Waals surface area contributed by atoms with Crippen LogP contribution in [-0.4, -0.2) is 11.1 Å². The summed E-state index contributed by atoms with van der Waals surface area (Å²) in [5.41, 5.74) is 5.94. The van der Waals surface area contributed by atoms with Crippen LogP contribution in [0.2, 0.25) is 0 Å². The van der Waals surface area contributed by atoms with E-state index < -0.39 is 5.97 Å². The molecule has 3 atom stereocenters. The molecule has 0 saturated carbocycles. The van der Waals surface area contributed by atoms with Crippen LogP contribution in [0.5, 0.6) is 0 Å². The monoisotopic (exact) mass is 319 g/mol. The molecule has 1 heterocycles. The van der Waals surface area contributed by atoms with Gasteiger partial charge in [-0.15, -0.1) is 0 Å². The van der Waals surface area contributed by atoms with Crippen molar-refractivity contribution in [3.05, 3.63) is 76.4 Å². The first-order valence-corrected chi connectivity index (χ1v) is 8.43. The molecule has 3 nitrogen and oxygen atoms in total. The predicted molar refractivity (Wildman–Crippen MR) is 95.7 cm³/mol. The summed E-state index contributed by atoms with van der Waals surface area (Å²) in [5.74, 6) is -0.0301. The van der Waals surface area contributed by atoms with Crippen LogP contribution in [0.4, 0.5) is 5.69 Å². The van der Waals surface area contributed by atoms with Gasteiger partial charge in [0, 0.05) is 11.6 Å². The molecule has 0 bridgehead atoms. The summed E-state index contributed by atoms with van der Waals surface area (Å²) in [6, 6.07) is 12.6. The third-order valence-corrected chi connectivity index (χ3v) is 5.46. The number of fused-ring (bicyclic) bond motifs is 3. The van der Waals surface area contributed by atoms with Crippen LogP contribution in [0.25, 0.3) is 0 Å². The van der Waals surface area contributed by atoms with Gasteiger partial charge < -0.3 is 10.4 Å². The number of hydrogen-bond donors (Lipinski definition) is 2. The molecule has 4 rings (SSSR count). The summed E-state index contributed by atoms with van der Waals surface area (Å²) < 4.78 is 0. The van der Waals surface area contributed by atoms with Crippen LogP contribution in [-0.2, 0) is 0 Å². The Morgan fingerprint density at radius 3 is 2.58 bits per heavy atom. The van der Waals surface area contributed by atoms with Crippen LogP contribution < -0.4 is 5.32 Å². The fourth-order valence-electron chi connectivity index (χ4n) is 4.15. The molecule has 2 aromatic carbocycles. The summed E-state index contributed by atoms with van der Waals surface area (Å²) in [5, 5.41) is 13.1. The van der Waals surface area contributed by atoms with E-state index in [1.54, 1.807) is 6.07 Å². The van der Waals surface area contributed by atoms with E-state index in [1.807, 2.05) is 13.0 Å². The van der Waals surface area contributed by atoms with E-state index >= 15 is 0 Å². The number of aryl methyl sites for hydroxylation is 1. The summed E-state index contributed by atoms with van der Waals surface area (Å²) in [7, 11) is 0. The number of carboxylic acid groups (broad SMARTS) is 1. The van der Waals surface area contributed by atoms with E-state index in [-0.39, 0.29) is 6.04 Å². The minimum atomic E-state index is -0.868. The van der Waals surface area contributed by atoms with Crippen molar-refractivity contribution in [1.82, 2.24) is 0 Å². The lowest BCUT2D eigenvalue weighted by molar-refractivity contribution is 0.0696. The van der Waals surface area contributed by atoms with Gasteiger partial charge in [-0.2, -0.15) is 0 Å². The molecule has 24 heavy (non-hydrogen) atoms. The molecule has 1 aliphatic carbocycles. The van der Waals surface area contributed by atoms with Gasteiger partial charge in [-0.1, -0.05) is 48.0 Å². The Kier molecular flexibility index (Phi) is 3.45. The summed E-state index contributed by atoms with van der Waals surface area (Å²) in [6.07, 6.45) is 5.59. The molecule has 0 aromatic heterocycles. The maximum Gasteiger partial charge on any atom is 0.336 e. The third kappa shape index (κ3) is 2.23. The van der Waals surface area contributed by atoms with E-state index in [2.05, 4.69) is 48.7 Å². The van der Waals surface area contributed by atoms with E-state index in [4.69, 9.17) is 0 Å². The first-order chi connectivity index (χ1) is 11.6. The molecule has 0 spiro atoms. The fourth-order valence-corrected chi connectivity index (χ4v) is 4.15. The second-order valence-corrected chi connectivity index (χ2v) is 6.89. The van der Waals surface area contributed by atoms with Gasteiger partial charge in [0.15, 0.2) is 0 Å². The number of hydrogen-bond acceptors (Lipinski definition) is 2. The maximum atomic E-state index is 11.5. The highest BCUT2D eigenvalue weighted by molar-refractivity contribution is 5.92. The molecule has 2 aromatic rings. The fraction of sp³-hybridized carbons (Fsp3) is 0.286. The normalized spacial score (nSPS) is 24.2. The lowest BCUT2D eigenvalue weighted by atomic mass is 9.76. The third-order valence-electron chi connectivity index (χ3n) is 5.46. The van der Waals surface area contributed by atoms with Gasteiger partial charge in [-0.05, 0) is 48.9 Å². The molecule has 0 unspecified atom stereocenters. The molecule has 2 aliphatic rings. The molecular formula is C21H21NO2. The molecule has 3 heteroatoms. The molecule has 1 aliphatic heterocycles. The van der Waals surface area contributed by atoms with Gasteiger partial charge in [0.2, 0.25) is 0 Å². The Bertz CT molecular complexity index is 836. The van der Waals surface area contributed by atoms with Gasteiger partial charge in [-0.25, -0.2) is 4.79 Å². The highest BCUT2D eigenvalue weighted by Crippen LogP contribution is 2.50. The van der Waals surface area contributed by atoms with Crippen molar-refractivity contribution in [1.29, 1.82) is 0 Å². The number of nitrogens with one attached hydrogen (secondary N) is 1. The predicted octanol–water partition coefficient (Wildman–Crippen LogP) is 4.83. The number of benzene rings is 2. The number of carboxylic acids is 1. The van der Waals surface area contributed by atoms with Crippen molar-refractivity contribution in [2.24, 2.45) is 5.92 Å². The van der Waals surface area contributed by atoms with E-state index in [0.29, 0.717) is 17.4 Å². The molecule has 0 radical (unpaired) electrons. The Morgan fingerprint density at radius 2 is 1.88 bits per heavy atom. The molecular weight excluding hydrogens is 298 g/mol. The van der Waals surface area contributed by atoms with E-state index in [1.165, 1.54) is 16.7 Å². The molecule has 0 saturated heterocycles. The number of rotatable bonds is 2. The number of anilines is 1. The Hall–Kier alpha value is -2.55. The van der Waals surface area contributed by atoms with Gasteiger partial charge >= 0.3 is 5.97 Å². The van der Waals surface area contributed by atoms with Gasteiger partial charge in [0.25, 0.3) is 0 Å². The van der Waals surface area contributed by atoms with Crippen LogP contribution in [0.15, 0.2) is 48.6 Å². The first kappa shape index (κ1) is 15.0. The van der Waals surface area contributed by atoms with Crippen molar-refractivity contribution >= 4 is 11.7 Å². The second kappa shape index (κ2) is 5.52. The van der Waals surface area contributed by atoms with Crippen molar-refractivity contribution < 1.29 is 9.90 Å². The lowest BCUT2D eigenvalue weighted by Gasteiger charge is -2.38. The minimum Gasteiger partial charge on any atom is -0.478 e. The van der Waals surface area contributed by atoms with Gasteiger partial charge in [-0.3, -0.25) is 0 Å². The van der Waals surface area contributed by atoms with E-state index in [0.717, 1.165) is 17.7 Å². The minimum absolute atomic E-state index is 0.209. The second-order valence-electron chi connectivity index (χ2n) is 6.89. The zero-order chi connectivity index (χ0) is 16.8. The van der Waals surface area contributed by atoms with Crippen molar-refractivity contribution in [3.8, 4) is 0 Å². The molecule has 0 fully saturated rings. The van der Waals surface area contributed by atoms with Gasteiger partial charge in [0.1, 0.15) is 0 Å². The number of carbonyl (C=O) groups is 1. The van der Waals surface area contributed by atoms with Gasteiger partial charge in [0.05, 0.1) is 11.6 Å². The first-order valence-electron chi connectivity index (χ1n) is 8.43. The zero-order valence-corrected chi connectivity index (χ0v) is 13.9.